The molecule has 3 rings (SSSR count). The molecule has 30 heavy (non-hydrogen) atoms. The quantitative estimate of drug-likeness (QED) is 0.564. The van der Waals surface area contributed by atoms with E-state index in [9.17, 15) is 18.0 Å². The van der Waals surface area contributed by atoms with Gasteiger partial charge in [0.15, 0.2) is 0 Å². The number of hydrogen-bond donors (Lipinski definition) is 0. The molecule has 0 aliphatic rings. The Hall–Kier alpha value is -3.86. The van der Waals surface area contributed by atoms with Gasteiger partial charge >= 0.3 is 5.97 Å². The minimum Gasteiger partial charge on any atom is -0.472 e. The summed E-state index contributed by atoms with van der Waals surface area (Å²) in [7, 11) is 1.15. The number of benzene rings is 2. The molecule has 2 aromatic carbocycles. The van der Waals surface area contributed by atoms with E-state index in [1.807, 2.05) is 6.07 Å². The van der Waals surface area contributed by atoms with Gasteiger partial charge in [0.25, 0.3) is 0 Å². The summed E-state index contributed by atoms with van der Waals surface area (Å²) < 4.78 is 53.2. The molecule has 0 unspecified atom stereocenters. The van der Waals surface area contributed by atoms with Gasteiger partial charge in [-0.25, -0.2) is 18.2 Å². The Morgan fingerprint density at radius 1 is 1.03 bits per heavy atom. The summed E-state index contributed by atoms with van der Waals surface area (Å²) >= 11 is 0. The molecule has 0 radical (unpaired) electrons. The monoisotopic (exact) mass is 412 g/mol. The van der Waals surface area contributed by atoms with Crippen LogP contribution < -0.4 is 4.74 Å². The van der Waals surface area contributed by atoms with E-state index in [-0.39, 0.29) is 40.3 Å². The largest absolute Gasteiger partial charge is 0.472 e. The molecule has 0 bridgehead atoms. The Morgan fingerprint density at radius 2 is 1.80 bits per heavy atom. The van der Waals surface area contributed by atoms with Crippen LogP contribution in [0.3, 0.4) is 0 Å². The molecule has 0 atom stereocenters. The average molecular weight is 412 g/mol. The van der Waals surface area contributed by atoms with Gasteiger partial charge in [0.1, 0.15) is 24.1 Å². The molecule has 0 saturated heterocycles. The number of carbonyl (C=O) groups is 1. The van der Waals surface area contributed by atoms with Gasteiger partial charge in [0.2, 0.25) is 5.88 Å². The highest BCUT2D eigenvalue weighted by molar-refractivity contribution is 5.74. The Bertz CT molecular complexity index is 1140. The lowest BCUT2D eigenvalue weighted by Crippen LogP contribution is -2.07. The van der Waals surface area contributed by atoms with Gasteiger partial charge < -0.3 is 9.47 Å². The smallest absolute Gasteiger partial charge is 0.310 e. The van der Waals surface area contributed by atoms with Gasteiger partial charge in [-0.2, -0.15) is 5.26 Å². The number of aromatic nitrogens is 1. The van der Waals surface area contributed by atoms with E-state index in [0.717, 1.165) is 25.3 Å². The first kappa shape index (κ1) is 20.9. The van der Waals surface area contributed by atoms with Crippen LogP contribution in [0.2, 0.25) is 0 Å². The van der Waals surface area contributed by atoms with Crippen molar-refractivity contribution in [2.45, 2.75) is 13.0 Å². The number of nitriles is 1. The molecular formula is C22H15F3N2O3. The second kappa shape index (κ2) is 9.09. The molecule has 8 heteroatoms. The van der Waals surface area contributed by atoms with E-state index in [1.165, 1.54) is 30.5 Å². The number of carbonyl (C=O) groups excluding carboxylic acids is 1. The van der Waals surface area contributed by atoms with E-state index in [4.69, 9.17) is 10.00 Å². The first-order valence-corrected chi connectivity index (χ1v) is 8.74. The third kappa shape index (κ3) is 4.58. The van der Waals surface area contributed by atoms with Crippen LogP contribution in [0, 0.1) is 28.8 Å². The zero-order chi connectivity index (χ0) is 21.7. The van der Waals surface area contributed by atoms with Crippen LogP contribution in [0.5, 0.6) is 5.88 Å². The fourth-order valence-corrected chi connectivity index (χ4v) is 2.75. The molecule has 0 amide bonds. The number of nitrogens with zero attached hydrogens (tertiary/aromatic N) is 2. The van der Waals surface area contributed by atoms with Crippen LogP contribution in [0.25, 0.3) is 11.1 Å². The summed E-state index contributed by atoms with van der Waals surface area (Å²) in [5, 5.41) is 8.80. The van der Waals surface area contributed by atoms with Crippen LogP contribution >= 0.6 is 0 Å². The van der Waals surface area contributed by atoms with Crippen LogP contribution in [0.1, 0.15) is 16.7 Å². The van der Waals surface area contributed by atoms with Gasteiger partial charge in [-0.3, -0.25) is 4.79 Å². The Labute approximate surface area is 170 Å². The lowest BCUT2D eigenvalue weighted by molar-refractivity contribution is -0.139. The summed E-state index contributed by atoms with van der Waals surface area (Å²) in [6, 6.07) is 10.6. The van der Waals surface area contributed by atoms with Crippen molar-refractivity contribution in [3.05, 3.63) is 82.8 Å². The van der Waals surface area contributed by atoms with Crippen LogP contribution in [0.4, 0.5) is 13.2 Å². The molecule has 5 nitrogen and oxygen atoms in total. The van der Waals surface area contributed by atoms with Crippen molar-refractivity contribution in [3.8, 4) is 23.1 Å². The van der Waals surface area contributed by atoms with Gasteiger partial charge in [0.05, 0.1) is 25.2 Å². The number of halogens is 3. The third-order valence-corrected chi connectivity index (χ3v) is 4.31. The number of methoxy groups -OCH3 is 1. The fourth-order valence-electron chi connectivity index (χ4n) is 2.75. The fraction of sp³-hybridized carbons (Fsp3) is 0.136. The second-order valence-electron chi connectivity index (χ2n) is 6.24. The molecule has 152 valence electrons. The summed E-state index contributed by atoms with van der Waals surface area (Å²) in [4.78, 5) is 15.4. The Kier molecular flexibility index (Phi) is 6.32. The van der Waals surface area contributed by atoms with E-state index in [1.54, 1.807) is 0 Å². The van der Waals surface area contributed by atoms with E-state index < -0.39 is 29.8 Å². The minimum atomic E-state index is -0.787. The van der Waals surface area contributed by atoms with Gasteiger partial charge in [0, 0.05) is 28.5 Å². The lowest BCUT2D eigenvalue weighted by atomic mass is 10.0. The van der Waals surface area contributed by atoms with Crippen LogP contribution in [-0.2, 0) is 22.6 Å². The standard InChI is InChI=1S/C22H15F3N2O3/c1-29-21(28)9-15-8-20(25)17(10-19(15)24)16-3-2-6-27-22(16)30-12-14-5-4-13(11-26)7-18(14)23/h2-8,10H,9,12H2,1H3. The number of esters is 1. The summed E-state index contributed by atoms with van der Waals surface area (Å²) in [6.07, 6.45) is 0.988. The zero-order valence-corrected chi connectivity index (χ0v) is 15.8. The van der Waals surface area contributed by atoms with Gasteiger partial charge in [-0.1, -0.05) is 6.07 Å². The maximum Gasteiger partial charge on any atom is 0.310 e. The SMILES string of the molecule is COC(=O)Cc1cc(F)c(-c2cccnc2OCc2ccc(C#N)cc2F)cc1F. The molecule has 1 heterocycles. The molecule has 0 saturated carbocycles. The normalized spacial score (nSPS) is 10.4. The van der Waals surface area contributed by atoms with Gasteiger partial charge in [-0.15, -0.1) is 0 Å². The summed E-state index contributed by atoms with van der Waals surface area (Å²) in [6.45, 7) is -0.230. The molecule has 0 aliphatic carbocycles. The predicted molar refractivity (Wildman–Crippen MR) is 101 cm³/mol. The first-order chi connectivity index (χ1) is 14.4. The van der Waals surface area contributed by atoms with E-state index >= 15 is 0 Å². The lowest BCUT2D eigenvalue weighted by Gasteiger charge is -2.13. The highest BCUT2D eigenvalue weighted by Crippen LogP contribution is 2.32. The maximum atomic E-state index is 14.7. The molecule has 3 aromatic rings. The van der Waals surface area contributed by atoms with Gasteiger partial charge in [-0.05, 0) is 36.4 Å². The second-order valence-corrected chi connectivity index (χ2v) is 6.24. The van der Waals surface area contributed by atoms with Crippen molar-refractivity contribution in [2.24, 2.45) is 0 Å². The van der Waals surface area contributed by atoms with Crippen molar-refractivity contribution in [2.75, 3.05) is 7.11 Å². The highest BCUT2D eigenvalue weighted by atomic mass is 19.1. The molecule has 1 aromatic heterocycles. The number of pyridine rings is 1. The molecule has 0 N–H and O–H groups in total. The third-order valence-electron chi connectivity index (χ3n) is 4.31. The number of hydrogen-bond acceptors (Lipinski definition) is 5. The summed E-state index contributed by atoms with van der Waals surface area (Å²) in [5.74, 6) is -2.92. The average Bonchev–Trinajstić information content (AvgIpc) is 2.75. The molecule has 0 aliphatic heterocycles. The zero-order valence-electron chi connectivity index (χ0n) is 15.8. The summed E-state index contributed by atoms with van der Waals surface area (Å²) in [5.41, 5.74) is 0.233. The Morgan fingerprint density at radius 3 is 2.50 bits per heavy atom. The Balaban J connectivity index is 1.89. The van der Waals surface area contributed by atoms with Crippen molar-refractivity contribution < 1.29 is 27.4 Å². The van der Waals surface area contributed by atoms with E-state index in [0.29, 0.717) is 0 Å². The highest BCUT2D eigenvalue weighted by Gasteiger charge is 2.18. The van der Waals surface area contributed by atoms with Crippen LogP contribution in [-0.4, -0.2) is 18.1 Å². The number of ether oxygens (including phenoxy) is 2. The van der Waals surface area contributed by atoms with E-state index in [2.05, 4.69) is 9.72 Å². The maximum absolute atomic E-state index is 14.7. The molecular weight excluding hydrogens is 397 g/mol. The first-order valence-electron chi connectivity index (χ1n) is 8.74. The van der Waals surface area contributed by atoms with Crippen molar-refractivity contribution in [1.29, 1.82) is 5.26 Å². The van der Waals surface area contributed by atoms with Crippen molar-refractivity contribution in [3.63, 3.8) is 0 Å². The van der Waals surface area contributed by atoms with Crippen molar-refractivity contribution >= 4 is 5.97 Å². The predicted octanol–water partition coefficient (Wildman–Crippen LogP) is 4.33. The molecule has 0 spiro atoms. The minimum absolute atomic E-state index is 0.0275. The van der Waals surface area contributed by atoms with Crippen molar-refractivity contribution in [1.82, 2.24) is 4.98 Å². The molecule has 0 fully saturated rings. The van der Waals surface area contributed by atoms with Crippen LogP contribution in [0.15, 0.2) is 48.7 Å². The topological polar surface area (TPSA) is 72.2 Å². The number of rotatable bonds is 6.